The van der Waals surface area contributed by atoms with Crippen LogP contribution in [0.2, 0.25) is 0 Å². The van der Waals surface area contributed by atoms with Crippen LogP contribution in [0, 0.1) is 5.82 Å². The van der Waals surface area contributed by atoms with Gasteiger partial charge in [-0.15, -0.1) is 0 Å². The van der Waals surface area contributed by atoms with Gasteiger partial charge in [0.1, 0.15) is 5.82 Å². The van der Waals surface area contributed by atoms with Crippen LogP contribution in [0.25, 0.3) is 11.1 Å². The monoisotopic (exact) mass is 206 g/mol. The molecule has 0 fully saturated rings. The molecule has 1 heterocycles. The van der Waals surface area contributed by atoms with Crippen molar-refractivity contribution in [3.05, 3.63) is 42.0 Å². The van der Waals surface area contributed by atoms with Crippen LogP contribution in [0.1, 0.15) is 10.5 Å². The van der Waals surface area contributed by atoms with Crippen molar-refractivity contribution in [3.8, 4) is 11.1 Å². The Morgan fingerprint density at radius 1 is 1.47 bits per heavy atom. The largest absolute Gasteiger partial charge is 0.477 e. The van der Waals surface area contributed by atoms with E-state index in [0.29, 0.717) is 11.1 Å². The minimum absolute atomic E-state index is 0.0411. The van der Waals surface area contributed by atoms with Crippen LogP contribution >= 0.6 is 0 Å². The number of aromatic amines is 1. The zero-order chi connectivity index (χ0) is 10.8. The first kappa shape index (κ1) is 9.39. The molecule has 0 saturated carbocycles. The number of carboxylic acid groups (broad SMARTS) is 1. The quantitative estimate of drug-likeness (QED) is 0.788. The van der Waals surface area contributed by atoms with Crippen molar-refractivity contribution >= 4 is 5.97 Å². The van der Waals surface area contributed by atoms with Gasteiger partial charge in [0, 0.05) is 5.56 Å². The molecule has 15 heavy (non-hydrogen) atoms. The summed E-state index contributed by atoms with van der Waals surface area (Å²) in [5.41, 5.74) is 0.823. The zero-order valence-corrected chi connectivity index (χ0v) is 7.57. The Balaban J connectivity index is 2.54. The molecule has 2 N–H and O–H groups in total. The lowest BCUT2D eigenvalue weighted by molar-refractivity contribution is 0.0691. The standard InChI is InChI=1S/C10H7FN2O2/c11-7-3-1-2-6(4-7)8-5-12-13-9(8)10(14)15/h1-5H,(H,12,13)(H,14,15). The van der Waals surface area contributed by atoms with Crippen molar-refractivity contribution in [2.45, 2.75) is 0 Å². The van der Waals surface area contributed by atoms with Crippen molar-refractivity contribution in [1.29, 1.82) is 0 Å². The van der Waals surface area contributed by atoms with Crippen LogP contribution in [0.3, 0.4) is 0 Å². The summed E-state index contributed by atoms with van der Waals surface area (Å²) < 4.78 is 12.9. The molecule has 2 rings (SSSR count). The van der Waals surface area contributed by atoms with E-state index < -0.39 is 11.8 Å². The molecule has 0 radical (unpaired) electrons. The Kier molecular flexibility index (Phi) is 2.21. The number of benzene rings is 1. The van der Waals surface area contributed by atoms with Crippen LogP contribution in [0.5, 0.6) is 0 Å². The molecular weight excluding hydrogens is 199 g/mol. The number of carboxylic acids is 1. The molecule has 2 aromatic rings. The highest BCUT2D eigenvalue weighted by molar-refractivity contribution is 5.93. The minimum atomic E-state index is -1.12. The summed E-state index contributed by atoms with van der Waals surface area (Å²) in [6.07, 6.45) is 1.36. The van der Waals surface area contributed by atoms with E-state index in [1.165, 1.54) is 24.4 Å². The van der Waals surface area contributed by atoms with Crippen molar-refractivity contribution in [2.24, 2.45) is 0 Å². The Labute approximate surface area is 84.4 Å². The number of hydrogen-bond acceptors (Lipinski definition) is 2. The van der Waals surface area contributed by atoms with Gasteiger partial charge in [-0.05, 0) is 17.7 Å². The Morgan fingerprint density at radius 3 is 2.93 bits per heavy atom. The molecule has 1 aromatic carbocycles. The fourth-order valence-corrected chi connectivity index (χ4v) is 1.32. The predicted octanol–water partition coefficient (Wildman–Crippen LogP) is 1.91. The normalized spacial score (nSPS) is 10.2. The maximum atomic E-state index is 12.9. The molecule has 0 aliphatic rings. The highest BCUT2D eigenvalue weighted by Crippen LogP contribution is 2.22. The molecule has 0 atom stereocenters. The summed E-state index contributed by atoms with van der Waals surface area (Å²) in [5.74, 6) is -1.53. The molecule has 0 unspecified atom stereocenters. The van der Waals surface area contributed by atoms with Crippen LogP contribution in [-0.4, -0.2) is 21.3 Å². The van der Waals surface area contributed by atoms with E-state index in [1.54, 1.807) is 6.07 Å². The molecule has 0 amide bonds. The van der Waals surface area contributed by atoms with Gasteiger partial charge in [0.15, 0.2) is 5.69 Å². The van der Waals surface area contributed by atoms with E-state index >= 15 is 0 Å². The lowest BCUT2D eigenvalue weighted by Crippen LogP contribution is -1.98. The van der Waals surface area contributed by atoms with Crippen molar-refractivity contribution < 1.29 is 14.3 Å². The average Bonchev–Trinajstić information content (AvgIpc) is 2.65. The van der Waals surface area contributed by atoms with Crippen LogP contribution in [0.4, 0.5) is 4.39 Å². The second kappa shape index (κ2) is 3.53. The number of aromatic nitrogens is 2. The van der Waals surface area contributed by atoms with E-state index in [0.717, 1.165) is 0 Å². The van der Waals surface area contributed by atoms with E-state index in [4.69, 9.17) is 5.11 Å². The molecule has 0 aliphatic heterocycles. The first-order valence-electron chi connectivity index (χ1n) is 4.21. The first-order chi connectivity index (χ1) is 7.18. The highest BCUT2D eigenvalue weighted by Gasteiger charge is 2.13. The van der Waals surface area contributed by atoms with Gasteiger partial charge < -0.3 is 5.11 Å². The van der Waals surface area contributed by atoms with Gasteiger partial charge in [-0.25, -0.2) is 9.18 Å². The number of halogens is 1. The second-order valence-corrected chi connectivity index (χ2v) is 2.97. The summed E-state index contributed by atoms with van der Waals surface area (Å²) in [5, 5.41) is 14.8. The Hall–Kier alpha value is -2.17. The Morgan fingerprint density at radius 2 is 2.27 bits per heavy atom. The van der Waals surface area contributed by atoms with Gasteiger partial charge in [-0.2, -0.15) is 5.10 Å². The third kappa shape index (κ3) is 1.71. The molecular formula is C10H7FN2O2. The Bertz CT molecular complexity index is 508. The summed E-state index contributed by atoms with van der Waals surface area (Å²) >= 11 is 0. The molecule has 5 heteroatoms. The fourth-order valence-electron chi connectivity index (χ4n) is 1.32. The maximum absolute atomic E-state index is 12.9. The maximum Gasteiger partial charge on any atom is 0.354 e. The van der Waals surface area contributed by atoms with E-state index in [2.05, 4.69) is 10.2 Å². The highest BCUT2D eigenvalue weighted by atomic mass is 19.1. The minimum Gasteiger partial charge on any atom is -0.477 e. The van der Waals surface area contributed by atoms with Gasteiger partial charge in [-0.1, -0.05) is 12.1 Å². The predicted molar refractivity (Wildman–Crippen MR) is 50.9 cm³/mol. The van der Waals surface area contributed by atoms with Crippen LogP contribution in [0.15, 0.2) is 30.5 Å². The number of nitrogens with one attached hydrogen (secondary N) is 1. The summed E-state index contributed by atoms with van der Waals surface area (Å²) in [6, 6.07) is 5.70. The third-order valence-electron chi connectivity index (χ3n) is 1.99. The molecule has 4 nitrogen and oxygen atoms in total. The summed E-state index contributed by atoms with van der Waals surface area (Å²) in [4.78, 5) is 10.8. The van der Waals surface area contributed by atoms with Crippen molar-refractivity contribution in [1.82, 2.24) is 10.2 Å². The van der Waals surface area contributed by atoms with Crippen molar-refractivity contribution in [2.75, 3.05) is 0 Å². The van der Waals surface area contributed by atoms with E-state index in [1.807, 2.05) is 0 Å². The van der Waals surface area contributed by atoms with Gasteiger partial charge in [0.25, 0.3) is 0 Å². The zero-order valence-electron chi connectivity index (χ0n) is 7.57. The second-order valence-electron chi connectivity index (χ2n) is 2.97. The topological polar surface area (TPSA) is 66.0 Å². The summed E-state index contributed by atoms with van der Waals surface area (Å²) in [6.45, 7) is 0. The van der Waals surface area contributed by atoms with Crippen LogP contribution < -0.4 is 0 Å². The van der Waals surface area contributed by atoms with Gasteiger partial charge >= 0.3 is 5.97 Å². The lowest BCUT2D eigenvalue weighted by atomic mass is 10.1. The smallest absolute Gasteiger partial charge is 0.354 e. The summed E-state index contributed by atoms with van der Waals surface area (Å²) in [7, 11) is 0. The van der Waals surface area contributed by atoms with Crippen LogP contribution in [-0.2, 0) is 0 Å². The van der Waals surface area contributed by atoms with Gasteiger partial charge in [0.05, 0.1) is 6.20 Å². The number of carbonyl (C=O) groups is 1. The first-order valence-corrected chi connectivity index (χ1v) is 4.21. The van der Waals surface area contributed by atoms with E-state index in [-0.39, 0.29) is 5.69 Å². The van der Waals surface area contributed by atoms with Gasteiger partial charge in [-0.3, -0.25) is 5.10 Å². The SMILES string of the molecule is O=C(O)c1[nH]ncc1-c1cccc(F)c1. The fraction of sp³-hybridized carbons (Fsp3) is 0. The molecule has 1 aromatic heterocycles. The van der Waals surface area contributed by atoms with Gasteiger partial charge in [0.2, 0.25) is 0 Å². The molecule has 0 spiro atoms. The third-order valence-corrected chi connectivity index (χ3v) is 1.99. The molecule has 0 saturated heterocycles. The molecule has 76 valence electrons. The number of nitrogens with zero attached hydrogens (tertiary/aromatic N) is 1. The van der Waals surface area contributed by atoms with E-state index in [9.17, 15) is 9.18 Å². The number of H-pyrrole nitrogens is 1. The van der Waals surface area contributed by atoms with Crippen molar-refractivity contribution in [3.63, 3.8) is 0 Å². The average molecular weight is 206 g/mol. The lowest BCUT2D eigenvalue weighted by Gasteiger charge is -1.99. The molecule has 0 bridgehead atoms. The molecule has 0 aliphatic carbocycles. The number of rotatable bonds is 2. The number of aromatic carboxylic acids is 1. The number of hydrogen-bond donors (Lipinski definition) is 2.